The molecule has 1 fully saturated rings. The van der Waals surface area contributed by atoms with Gasteiger partial charge in [0.05, 0.1) is 11.9 Å². The Balaban J connectivity index is 1.46. The number of nitrogens with zero attached hydrogens (tertiary/aromatic N) is 6. The number of carbonyl (C=O) groups is 1. The Morgan fingerprint density at radius 3 is 2.62 bits per heavy atom. The Bertz CT molecular complexity index is 981. The second-order valence-corrected chi connectivity index (χ2v) is 6.54. The first-order valence-electron chi connectivity index (χ1n) is 8.29. The average Bonchev–Trinajstić information content (AvgIpc) is 3.06. The molecule has 0 N–H and O–H groups in total. The van der Waals surface area contributed by atoms with E-state index in [4.69, 9.17) is 16.0 Å². The van der Waals surface area contributed by atoms with Crippen LogP contribution in [0.3, 0.4) is 0 Å². The molecule has 8 nitrogen and oxygen atoms in total. The third-order valence-corrected chi connectivity index (χ3v) is 4.70. The number of hydrogen-bond donors (Lipinski definition) is 0. The summed E-state index contributed by atoms with van der Waals surface area (Å²) in [5, 5.41) is 0.311. The van der Waals surface area contributed by atoms with E-state index in [0.717, 1.165) is 5.69 Å². The van der Waals surface area contributed by atoms with Gasteiger partial charge in [-0.05, 0) is 26.0 Å². The molecule has 4 rings (SSSR count). The van der Waals surface area contributed by atoms with Crippen LogP contribution in [0, 0.1) is 13.8 Å². The van der Waals surface area contributed by atoms with E-state index < -0.39 is 0 Å². The molecule has 0 aliphatic carbocycles. The van der Waals surface area contributed by atoms with E-state index in [1.165, 1.54) is 6.20 Å². The molecule has 0 aromatic carbocycles. The highest BCUT2D eigenvalue weighted by Gasteiger charge is 2.26. The van der Waals surface area contributed by atoms with Crippen LogP contribution in [0.2, 0.25) is 5.15 Å². The Kier molecular flexibility index (Phi) is 4.20. The summed E-state index contributed by atoms with van der Waals surface area (Å²) in [5.41, 5.74) is 3.01. The molecule has 1 aliphatic rings. The number of aryl methyl sites for hydroxylation is 2. The van der Waals surface area contributed by atoms with Crippen molar-refractivity contribution in [2.24, 2.45) is 0 Å². The predicted octanol–water partition coefficient (Wildman–Crippen LogP) is 2.25. The molecule has 0 bridgehead atoms. The summed E-state index contributed by atoms with van der Waals surface area (Å²) in [7, 11) is 0. The standard InChI is InChI=1S/C17H17ClN6O2/c1-10-3-4-13-15(20-10)22-17(26-13)24-7-5-23(6-8-24)16(25)12-9-19-14(18)11(2)21-12/h3-4,9H,5-8H2,1-2H3. The quantitative estimate of drug-likeness (QED) is 0.681. The molecule has 3 aromatic heterocycles. The molecular weight excluding hydrogens is 356 g/mol. The van der Waals surface area contributed by atoms with Gasteiger partial charge in [-0.1, -0.05) is 11.6 Å². The van der Waals surface area contributed by atoms with Crippen molar-refractivity contribution in [3.8, 4) is 0 Å². The fraction of sp³-hybridized carbons (Fsp3) is 0.353. The largest absolute Gasteiger partial charge is 0.422 e. The Morgan fingerprint density at radius 2 is 1.88 bits per heavy atom. The number of halogens is 1. The normalized spacial score (nSPS) is 14.9. The maximum Gasteiger partial charge on any atom is 0.300 e. The van der Waals surface area contributed by atoms with Crippen LogP contribution in [-0.2, 0) is 0 Å². The minimum Gasteiger partial charge on any atom is -0.422 e. The first-order chi connectivity index (χ1) is 12.5. The SMILES string of the molecule is Cc1ccc2oc(N3CCN(C(=O)c4cnc(Cl)c(C)n4)CC3)nc2n1. The van der Waals surface area contributed by atoms with E-state index in [2.05, 4.69) is 19.9 Å². The minimum absolute atomic E-state index is 0.147. The molecule has 1 amide bonds. The Morgan fingerprint density at radius 1 is 1.12 bits per heavy atom. The van der Waals surface area contributed by atoms with Gasteiger partial charge in [0.2, 0.25) is 5.65 Å². The first kappa shape index (κ1) is 16.7. The zero-order valence-electron chi connectivity index (χ0n) is 14.4. The van der Waals surface area contributed by atoms with Crippen molar-refractivity contribution in [3.05, 3.63) is 40.6 Å². The van der Waals surface area contributed by atoms with Gasteiger partial charge < -0.3 is 14.2 Å². The highest BCUT2D eigenvalue weighted by molar-refractivity contribution is 6.30. The summed E-state index contributed by atoms with van der Waals surface area (Å²) < 4.78 is 5.78. The van der Waals surface area contributed by atoms with E-state index in [9.17, 15) is 4.79 Å². The first-order valence-corrected chi connectivity index (χ1v) is 8.66. The van der Waals surface area contributed by atoms with E-state index in [1.54, 1.807) is 11.8 Å². The van der Waals surface area contributed by atoms with Gasteiger partial charge in [0.1, 0.15) is 10.8 Å². The summed E-state index contributed by atoms with van der Waals surface area (Å²) in [4.78, 5) is 33.4. The Hall–Kier alpha value is -2.74. The van der Waals surface area contributed by atoms with Gasteiger partial charge in [-0.3, -0.25) is 4.79 Å². The maximum absolute atomic E-state index is 12.6. The Labute approximate surface area is 154 Å². The number of anilines is 1. The summed E-state index contributed by atoms with van der Waals surface area (Å²) >= 11 is 5.87. The highest BCUT2D eigenvalue weighted by atomic mass is 35.5. The third kappa shape index (κ3) is 3.08. The van der Waals surface area contributed by atoms with Crippen molar-refractivity contribution in [1.29, 1.82) is 0 Å². The molecule has 4 heterocycles. The number of carbonyl (C=O) groups excluding carboxylic acids is 1. The number of amides is 1. The number of hydrogen-bond acceptors (Lipinski definition) is 7. The fourth-order valence-corrected chi connectivity index (χ4v) is 2.96. The zero-order valence-corrected chi connectivity index (χ0v) is 15.2. The van der Waals surface area contributed by atoms with Gasteiger partial charge in [0.15, 0.2) is 5.58 Å². The molecule has 26 heavy (non-hydrogen) atoms. The molecule has 1 saturated heterocycles. The molecule has 0 unspecified atom stereocenters. The highest BCUT2D eigenvalue weighted by Crippen LogP contribution is 2.22. The number of rotatable bonds is 2. The van der Waals surface area contributed by atoms with Crippen LogP contribution in [0.15, 0.2) is 22.7 Å². The van der Waals surface area contributed by atoms with Crippen LogP contribution in [0.5, 0.6) is 0 Å². The van der Waals surface area contributed by atoms with Crippen molar-refractivity contribution < 1.29 is 9.21 Å². The van der Waals surface area contributed by atoms with Crippen LogP contribution in [-0.4, -0.2) is 56.9 Å². The maximum atomic E-state index is 12.6. The summed E-state index contributed by atoms with van der Waals surface area (Å²) in [6.07, 6.45) is 1.42. The smallest absolute Gasteiger partial charge is 0.300 e. The van der Waals surface area contributed by atoms with Crippen LogP contribution >= 0.6 is 11.6 Å². The zero-order chi connectivity index (χ0) is 18.3. The van der Waals surface area contributed by atoms with Crippen LogP contribution in [0.1, 0.15) is 21.9 Å². The minimum atomic E-state index is -0.147. The van der Waals surface area contributed by atoms with Crippen LogP contribution in [0.4, 0.5) is 6.01 Å². The lowest BCUT2D eigenvalue weighted by molar-refractivity contribution is 0.0738. The number of pyridine rings is 1. The van der Waals surface area contributed by atoms with E-state index in [1.807, 2.05) is 24.0 Å². The molecule has 0 atom stereocenters. The van der Waals surface area contributed by atoms with Gasteiger partial charge in [-0.25, -0.2) is 15.0 Å². The number of aromatic nitrogens is 4. The number of oxazole rings is 1. The summed E-state index contributed by atoms with van der Waals surface area (Å²) in [5.74, 6) is -0.147. The van der Waals surface area contributed by atoms with Gasteiger partial charge in [-0.2, -0.15) is 4.98 Å². The number of piperazine rings is 1. The molecular formula is C17H17ClN6O2. The molecule has 0 spiro atoms. The van der Waals surface area contributed by atoms with Gasteiger partial charge >= 0.3 is 0 Å². The lowest BCUT2D eigenvalue weighted by atomic mass is 10.3. The lowest BCUT2D eigenvalue weighted by Crippen LogP contribution is -2.49. The average molecular weight is 373 g/mol. The van der Waals surface area contributed by atoms with Crippen LogP contribution < -0.4 is 4.90 Å². The topological polar surface area (TPSA) is 88.3 Å². The summed E-state index contributed by atoms with van der Waals surface area (Å²) in [6, 6.07) is 4.30. The molecule has 134 valence electrons. The molecule has 0 radical (unpaired) electrons. The number of fused-ring (bicyclic) bond motifs is 1. The fourth-order valence-electron chi connectivity index (χ4n) is 2.87. The van der Waals surface area contributed by atoms with Crippen molar-refractivity contribution in [2.45, 2.75) is 13.8 Å². The second kappa shape index (κ2) is 6.53. The van der Waals surface area contributed by atoms with E-state index >= 15 is 0 Å². The van der Waals surface area contributed by atoms with Crippen molar-refractivity contribution in [1.82, 2.24) is 24.8 Å². The van der Waals surface area contributed by atoms with E-state index in [-0.39, 0.29) is 5.91 Å². The van der Waals surface area contributed by atoms with Crippen LogP contribution in [0.25, 0.3) is 11.2 Å². The molecule has 9 heteroatoms. The third-order valence-electron chi connectivity index (χ3n) is 4.32. The van der Waals surface area contributed by atoms with Crippen molar-refractivity contribution in [3.63, 3.8) is 0 Å². The van der Waals surface area contributed by atoms with E-state index in [0.29, 0.717) is 60.0 Å². The van der Waals surface area contributed by atoms with Gasteiger partial charge in [0, 0.05) is 31.9 Å². The second-order valence-electron chi connectivity index (χ2n) is 6.18. The summed E-state index contributed by atoms with van der Waals surface area (Å²) in [6.45, 7) is 5.99. The lowest BCUT2D eigenvalue weighted by Gasteiger charge is -2.33. The molecule has 3 aromatic rings. The van der Waals surface area contributed by atoms with Gasteiger partial charge in [0.25, 0.3) is 11.9 Å². The molecule has 1 aliphatic heterocycles. The predicted molar refractivity (Wildman–Crippen MR) is 96.4 cm³/mol. The monoisotopic (exact) mass is 372 g/mol. The van der Waals surface area contributed by atoms with Crippen molar-refractivity contribution >= 4 is 34.8 Å². The van der Waals surface area contributed by atoms with Crippen molar-refractivity contribution in [2.75, 3.05) is 31.1 Å². The molecule has 0 saturated carbocycles. The van der Waals surface area contributed by atoms with Gasteiger partial charge in [-0.15, -0.1) is 0 Å².